The topological polar surface area (TPSA) is 84.4 Å². The Kier molecular flexibility index (Phi) is 5.14. The van der Waals surface area contributed by atoms with E-state index in [1.807, 2.05) is 49.9 Å². The Morgan fingerprint density at radius 3 is 2.17 bits per heavy atom. The lowest BCUT2D eigenvalue weighted by Crippen LogP contribution is -2.46. The Morgan fingerprint density at radius 2 is 1.55 bits per heavy atom. The van der Waals surface area contributed by atoms with Crippen molar-refractivity contribution in [2.75, 3.05) is 22.7 Å². The number of morpholine rings is 1. The molecule has 1 saturated heterocycles. The minimum atomic E-state index is -3.80. The smallest absolute Gasteiger partial charge is 0.263 e. The molecule has 0 amide bonds. The minimum absolute atomic E-state index is 0.00794. The third-order valence-corrected chi connectivity index (χ3v) is 6.19. The molecular weight excluding hydrogens is 388 g/mol. The highest BCUT2D eigenvalue weighted by atomic mass is 32.2. The summed E-state index contributed by atoms with van der Waals surface area (Å²) in [6, 6.07) is 14.2. The van der Waals surface area contributed by atoms with Gasteiger partial charge in [0.05, 0.1) is 28.1 Å². The third kappa shape index (κ3) is 4.18. The van der Waals surface area contributed by atoms with Gasteiger partial charge >= 0.3 is 0 Å². The van der Waals surface area contributed by atoms with E-state index in [2.05, 4.69) is 9.71 Å². The zero-order chi connectivity index (χ0) is 20.6. The highest BCUT2D eigenvalue weighted by Gasteiger charge is 2.28. The molecule has 1 aromatic heterocycles. The van der Waals surface area contributed by atoms with Crippen LogP contribution in [0, 0.1) is 6.92 Å². The lowest BCUT2D eigenvalue weighted by molar-refractivity contribution is -0.00540. The molecule has 0 aliphatic carbocycles. The Bertz CT molecular complexity index is 1120. The van der Waals surface area contributed by atoms with Gasteiger partial charge in [0.15, 0.2) is 11.6 Å². The van der Waals surface area contributed by atoms with E-state index in [0.29, 0.717) is 29.9 Å². The first-order chi connectivity index (χ1) is 13.8. The molecule has 8 heteroatoms. The van der Waals surface area contributed by atoms with Crippen LogP contribution in [0.25, 0.3) is 11.0 Å². The van der Waals surface area contributed by atoms with Crippen LogP contribution in [0.4, 0.5) is 11.6 Å². The lowest BCUT2D eigenvalue weighted by Gasteiger charge is -2.36. The molecule has 0 unspecified atom stereocenters. The summed E-state index contributed by atoms with van der Waals surface area (Å²) in [5, 5.41) is 0. The maximum Gasteiger partial charge on any atom is 0.263 e. The number of hydrogen-bond donors (Lipinski definition) is 1. The first kappa shape index (κ1) is 19.6. The number of sulfonamides is 1. The van der Waals surface area contributed by atoms with Crippen molar-refractivity contribution in [3.05, 3.63) is 54.1 Å². The first-order valence-electron chi connectivity index (χ1n) is 9.58. The lowest BCUT2D eigenvalue weighted by atomic mass is 10.2. The molecule has 1 aliphatic rings. The van der Waals surface area contributed by atoms with Crippen LogP contribution in [0.5, 0.6) is 0 Å². The van der Waals surface area contributed by atoms with Gasteiger partial charge in [-0.25, -0.2) is 18.4 Å². The molecule has 3 aromatic rings. The van der Waals surface area contributed by atoms with E-state index in [4.69, 9.17) is 9.72 Å². The zero-order valence-electron chi connectivity index (χ0n) is 16.7. The second kappa shape index (κ2) is 7.61. The summed E-state index contributed by atoms with van der Waals surface area (Å²) in [4.78, 5) is 11.6. The molecule has 29 heavy (non-hydrogen) atoms. The Morgan fingerprint density at radius 1 is 0.966 bits per heavy atom. The van der Waals surface area contributed by atoms with Crippen LogP contribution in [-0.4, -0.2) is 43.7 Å². The molecule has 2 atom stereocenters. The molecule has 4 rings (SSSR count). The Labute approximate surface area is 170 Å². The van der Waals surface area contributed by atoms with Gasteiger partial charge in [-0.05, 0) is 45.0 Å². The number of fused-ring (bicyclic) bond motifs is 1. The van der Waals surface area contributed by atoms with Crippen LogP contribution in [0.2, 0.25) is 0 Å². The van der Waals surface area contributed by atoms with Crippen molar-refractivity contribution < 1.29 is 13.2 Å². The maximum atomic E-state index is 13.0. The number of para-hydroxylation sites is 2. The molecule has 2 aromatic carbocycles. The molecule has 0 radical (unpaired) electrons. The molecule has 1 N–H and O–H groups in total. The molecule has 1 aliphatic heterocycles. The van der Waals surface area contributed by atoms with E-state index >= 15 is 0 Å². The monoisotopic (exact) mass is 412 g/mol. The van der Waals surface area contributed by atoms with Gasteiger partial charge in [0.25, 0.3) is 10.0 Å². The molecule has 152 valence electrons. The van der Waals surface area contributed by atoms with Gasteiger partial charge in [-0.1, -0.05) is 29.8 Å². The van der Waals surface area contributed by atoms with Crippen molar-refractivity contribution in [2.24, 2.45) is 0 Å². The van der Waals surface area contributed by atoms with E-state index < -0.39 is 10.0 Å². The highest BCUT2D eigenvalue weighted by Crippen LogP contribution is 2.29. The third-order valence-electron chi connectivity index (χ3n) is 4.83. The number of benzene rings is 2. The quantitative estimate of drug-likeness (QED) is 0.707. The zero-order valence-corrected chi connectivity index (χ0v) is 17.5. The van der Waals surface area contributed by atoms with Crippen LogP contribution in [0.15, 0.2) is 53.4 Å². The number of hydrogen-bond acceptors (Lipinski definition) is 6. The molecule has 0 spiro atoms. The van der Waals surface area contributed by atoms with Crippen LogP contribution in [0.3, 0.4) is 0 Å². The second-order valence-corrected chi connectivity index (χ2v) is 9.15. The summed E-state index contributed by atoms with van der Waals surface area (Å²) in [5.74, 6) is 0.743. The summed E-state index contributed by atoms with van der Waals surface area (Å²) < 4.78 is 34.5. The van der Waals surface area contributed by atoms with Crippen molar-refractivity contribution in [3.8, 4) is 0 Å². The SMILES string of the molecule is Cc1ccc(S(=O)(=O)Nc2nc3ccccc3nc2N2C[C@@H](C)O[C@H](C)C2)cc1. The number of nitrogens with zero attached hydrogens (tertiary/aromatic N) is 3. The van der Waals surface area contributed by atoms with E-state index in [1.54, 1.807) is 24.3 Å². The normalized spacial score (nSPS) is 20.0. The number of aryl methyl sites for hydroxylation is 1. The standard InChI is InChI=1S/C21H24N4O3S/c1-14-8-10-17(11-9-14)29(26,27)24-20-21(25-12-15(2)28-16(3)13-25)23-19-7-5-4-6-18(19)22-20/h4-11,15-16H,12-13H2,1-3H3,(H,22,24)/t15-,16-/m1/s1. The van der Waals surface area contributed by atoms with Crippen molar-refractivity contribution in [1.82, 2.24) is 9.97 Å². The van der Waals surface area contributed by atoms with E-state index in [1.165, 1.54) is 0 Å². The van der Waals surface area contributed by atoms with E-state index in [-0.39, 0.29) is 22.9 Å². The Hall–Kier alpha value is -2.71. The second-order valence-electron chi connectivity index (χ2n) is 7.47. The summed E-state index contributed by atoms with van der Waals surface area (Å²) in [6.07, 6.45) is 0.0159. The van der Waals surface area contributed by atoms with E-state index in [0.717, 1.165) is 5.56 Å². The van der Waals surface area contributed by atoms with Crippen LogP contribution >= 0.6 is 0 Å². The predicted molar refractivity (Wildman–Crippen MR) is 114 cm³/mol. The molecule has 2 heterocycles. The fraction of sp³-hybridized carbons (Fsp3) is 0.333. The average Bonchev–Trinajstić information content (AvgIpc) is 2.66. The van der Waals surface area contributed by atoms with Gasteiger partial charge in [-0.2, -0.15) is 0 Å². The van der Waals surface area contributed by atoms with Gasteiger partial charge in [0.2, 0.25) is 0 Å². The van der Waals surface area contributed by atoms with Crippen LogP contribution < -0.4 is 9.62 Å². The largest absolute Gasteiger partial charge is 0.372 e. The van der Waals surface area contributed by atoms with Crippen molar-refractivity contribution in [2.45, 2.75) is 37.9 Å². The number of anilines is 2. The number of aromatic nitrogens is 2. The minimum Gasteiger partial charge on any atom is -0.372 e. The summed E-state index contributed by atoms with van der Waals surface area (Å²) in [6.45, 7) is 7.12. The summed E-state index contributed by atoms with van der Waals surface area (Å²) in [7, 11) is -3.80. The van der Waals surface area contributed by atoms with Gasteiger partial charge < -0.3 is 9.64 Å². The Balaban J connectivity index is 1.78. The highest BCUT2D eigenvalue weighted by molar-refractivity contribution is 7.92. The molecule has 1 fully saturated rings. The van der Waals surface area contributed by atoms with Crippen LogP contribution in [0.1, 0.15) is 19.4 Å². The maximum absolute atomic E-state index is 13.0. The van der Waals surface area contributed by atoms with Crippen molar-refractivity contribution in [3.63, 3.8) is 0 Å². The summed E-state index contributed by atoms with van der Waals surface area (Å²) in [5.41, 5.74) is 2.34. The average molecular weight is 413 g/mol. The molecule has 0 bridgehead atoms. The number of nitrogens with one attached hydrogen (secondary N) is 1. The van der Waals surface area contributed by atoms with Gasteiger partial charge in [-0.3, -0.25) is 4.72 Å². The summed E-state index contributed by atoms with van der Waals surface area (Å²) >= 11 is 0. The van der Waals surface area contributed by atoms with Gasteiger partial charge in [0.1, 0.15) is 0 Å². The molecule has 0 saturated carbocycles. The predicted octanol–water partition coefficient (Wildman–Crippen LogP) is 3.35. The van der Waals surface area contributed by atoms with E-state index in [9.17, 15) is 8.42 Å². The number of ether oxygens (including phenoxy) is 1. The molecule has 7 nitrogen and oxygen atoms in total. The first-order valence-corrected chi connectivity index (χ1v) is 11.1. The van der Waals surface area contributed by atoms with Crippen molar-refractivity contribution >= 4 is 32.7 Å². The molecular formula is C21H24N4O3S. The van der Waals surface area contributed by atoms with Crippen LogP contribution in [-0.2, 0) is 14.8 Å². The fourth-order valence-corrected chi connectivity index (χ4v) is 4.54. The van der Waals surface area contributed by atoms with Gasteiger partial charge in [0, 0.05) is 13.1 Å². The fourth-order valence-electron chi connectivity index (χ4n) is 3.53. The van der Waals surface area contributed by atoms with Crippen molar-refractivity contribution in [1.29, 1.82) is 0 Å². The number of rotatable bonds is 4. The van der Waals surface area contributed by atoms with Gasteiger partial charge in [-0.15, -0.1) is 0 Å².